The van der Waals surface area contributed by atoms with Crippen LogP contribution in [-0.2, 0) is 18.4 Å². The minimum absolute atomic E-state index is 0.117. The van der Waals surface area contributed by atoms with Crippen molar-refractivity contribution in [1.29, 1.82) is 0 Å². The Bertz CT molecular complexity index is 950. The smallest absolute Gasteiger partial charge is 0.236 e. The molecule has 9 heteroatoms. The van der Waals surface area contributed by atoms with E-state index in [4.69, 9.17) is 4.74 Å². The fourth-order valence-electron chi connectivity index (χ4n) is 3.59. The summed E-state index contributed by atoms with van der Waals surface area (Å²) in [6, 6.07) is 8.45. The van der Waals surface area contributed by atoms with Crippen molar-refractivity contribution in [3.63, 3.8) is 0 Å². The molecule has 0 saturated heterocycles. The summed E-state index contributed by atoms with van der Waals surface area (Å²) in [5, 5.41) is 14.2. The first kappa shape index (κ1) is 20.9. The summed E-state index contributed by atoms with van der Waals surface area (Å²) in [6.45, 7) is 0.331. The predicted molar refractivity (Wildman–Crippen MR) is 119 cm³/mol. The fourth-order valence-corrected chi connectivity index (χ4v) is 4.86. The minimum atomic E-state index is -0.117. The number of nitrogens with zero attached hydrogens (tertiary/aromatic N) is 4. The topological polar surface area (TPSA) is 81.9 Å². The van der Waals surface area contributed by atoms with Gasteiger partial charge in [-0.2, -0.15) is 0 Å². The first-order valence-electron chi connectivity index (χ1n) is 10.1. The molecule has 1 saturated carbocycles. The molecular weight excluding hydrogens is 418 g/mol. The van der Waals surface area contributed by atoms with Crippen LogP contribution in [0.1, 0.15) is 49.4 Å². The molecule has 0 atom stereocenters. The van der Waals surface area contributed by atoms with E-state index < -0.39 is 0 Å². The maximum atomic E-state index is 12.0. The van der Waals surface area contributed by atoms with Gasteiger partial charge in [0.1, 0.15) is 12.4 Å². The molecule has 0 spiro atoms. The van der Waals surface area contributed by atoms with Crippen molar-refractivity contribution >= 4 is 34.1 Å². The van der Waals surface area contributed by atoms with Gasteiger partial charge in [-0.05, 0) is 36.5 Å². The van der Waals surface area contributed by atoms with Crippen LogP contribution in [0, 0.1) is 0 Å². The van der Waals surface area contributed by atoms with Gasteiger partial charge in [0.2, 0.25) is 5.91 Å². The van der Waals surface area contributed by atoms with Crippen molar-refractivity contribution in [2.24, 2.45) is 7.05 Å². The summed E-state index contributed by atoms with van der Waals surface area (Å²) >= 11 is 2.73. The first-order chi connectivity index (χ1) is 14.7. The van der Waals surface area contributed by atoms with Gasteiger partial charge >= 0.3 is 0 Å². The Morgan fingerprint density at radius 3 is 2.77 bits per heavy atom. The highest BCUT2D eigenvalue weighted by Gasteiger charge is 2.16. The average molecular weight is 444 g/mol. The lowest BCUT2D eigenvalue weighted by atomic mass is 9.84. The second-order valence-corrected chi connectivity index (χ2v) is 9.16. The average Bonchev–Trinajstić information content (AvgIpc) is 3.41. The van der Waals surface area contributed by atoms with E-state index in [0.717, 1.165) is 5.75 Å². The van der Waals surface area contributed by atoms with Crippen LogP contribution in [0.15, 0.2) is 41.0 Å². The molecule has 1 aliphatic rings. The normalized spacial score (nSPS) is 14.6. The van der Waals surface area contributed by atoms with Crippen molar-refractivity contribution in [3.8, 4) is 5.75 Å². The van der Waals surface area contributed by atoms with Gasteiger partial charge in [0.05, 0.1) is 5.75 Å². The molecule has 2 heterocycles. The summed E-state index contributed by atoms with van der Waals surface area (Å²) < 4.78 is 7.76. The second kappa shape index (κ2) is 10.1. The van der Waals surface area contributed by atoms with Gasteiger partial charge in [-0.1, -0.05) is 43.2 Å². The number of nitrogens with one attached hydrogen (secondary N) is 1. The SMILES string of the molecule is Cn1c(COc2ccc(C3CCCCC3)cc2)nnc1SCC(=O)Nc1nccs1. The molecule has 1 fully saturated rings. The number of rotatable bonds is 8. The molecule has 4 rings (SSSR count). The number of amides is 1. The van der Waals surface area contributed by atoms with Crippen molar-refractivity contribution in [3.05, 3.63) is 47.2 Å². The van der Waals surface area contributed by atoms with Gasteiger partial charge in [-0.25, -0.2) is 4.98 Å². The molecule has 158 valence electrons. The number of carbonyl (C=O) groups excluding carboxylic acids is 1. The van der Waals surface area contributed by atoms with Crippen LogP contribution in [0.5, 0.6) is 5.75 Å². The van der Waals surface area contributed by atoms with Crippen molar-refractivity contribution < 1.29 is 9.53 Å². The van der Waals surface area contributed by atoms with Gasteiger partial charge in [0.25, 0.3) is 0 Å². The second-order valence-electron chi connectivity index (χ2n) is 7.32. The van der Waals surface area contributed by atoms with Gasteiger partial charge in [-0.3, -0.25) is 4.79 Å². The fraction of sp³-hybridized carbons (Fsp3) is 0.429. The molecule has 0 bridgehead atoms. The number of anilines is 1. The number of thioether (sulfide) groups is 1. The molecule has 3 aromatic rings. The zero-order chi connectivity index (χ0) is 20.8. The third-order valence-corrected chi connectivity index (χ3v) is 6.97. The minimum Gasteiger partial charge on any atom is -0.486 e. The van der Waals surface area contributed by atoms with Crippen LogP contribution < -0.4 is 10.1 Å². The van der Waals surface area contributed by atoms with Crippen LogP contribution in [0.4, 0.5) is 5.13 Å². The molecule has 1 aromatic carbocycles. The Morgan fingerprint density at radius 1 is 1.23 bits per heavy atom. The van der Waals surface area contributed by atoms with E-state index in [2.05, 4.69) is 32.6 Å². The maximum absolute atomic E-state index is 12.0. The third kappa shape index (κ3) is 5.40. The lowest BCUT2D eigenvalue weighted by molar-refractivity contribution is -0.113. The van der Waals surface area contributed by atoms with Crippen LogP contribution in [-0.4, -0.2) is 31.4 Å². The Morgan fingerprint density at radius 2 is 2.03 bits per heavy atom. The largest absolute Gasteiger partial charge is 0.486 e. The van der Waals surface area contributed by atoms with E-state index in [0.29, 0.717) is 28.6 Å². The quantitative estimate of drug-likeness (QED) is 0.511. The highest BCUT2D eigenvalue weighted by molar-refractivity contribution is 7.99. The van der Waals surface area contributed by atoms with Crippen LogP contribution in [0.25, 0.3) is 0 Å². The molecule has 0 aliphatic heterocycles. The van der Waals surface area contributed by atoms with E-state index >= 15 is 0 Å². The summed E-state index contributed by atoms with van der Waals surface area (Å²) in [4.78, 5) is 16.1. The summed E-state index contributed by atoms with van der Waals surface area (Å²) in [7, 11) is 1.88. The zero-order valence-corrected chi connectivity index (χ0v) is 18.5. The maximum Gasteiger partial charge on any atom is 0.236 e. The number of ether oxygens (including phenoxy) is 1. The molecule has 0 radical (unpaired) electrons. The molecule has 7 nitrogen and oxygen atoms in total. The molecule has 1 N–H and O–H groups in total. The highest BCUT2D eigenvalue weighted by atomic mass is 32.2. The Hall–Kier alpha value is -2.39. The van der Waals surface area contributed by atoms with Crippen molar-refractivity contribution in [2.75, 3.05) is 11.1 Å². The predicted octanol–water partition coefficient (Wildman–Crippen LogP) is 4.63. The summed E-state index contributed by atoms with van der Waals surface area (Å²) in [5.41, 5.74) is 1.41. The number of hydrogen-bond donors (Lipinski definition) is 1. The monoisotopic (exact) mass is 443 g/mol. The van der Waals surface area contributed by atoms with Gasteiger partial charge < -0.3 is 14.6 Å². The molecule has 2 aromatic heterocycles. The van der Waals surface area contributed by atoms with E-state index in [1.807, 2.05) is 29.1 Å². The number of benzene rings is 1. The molecule has 1 aliphatic carbocycles. The number of carbonyl (C=O) groups is 1. The van der Waals surface area contributed by atoms with Crippen LogP contribution in [0.3, 0.4) is 0 Å². The van der Waals surface area contributed by atoms with E-state index in [-0.39, 0.29) is 11.7 Å². The molecule has 1 amide bonds. The zero-order valence-electron chi connectivity index (χ0n) is 16.9. The van der Waals surface area contributed by atoms with Crippen molar-refractivity contribution in [2.45, 2.75) is 49.8 Å². The lowest BCUT2D eigenvalue weighted by Crippen LogP contribution is -2.14. The van der Waals surface area contributed by atoms with Gasteiger partial charge in [-0.15, -0.1) is 21.5 Å². The standard InChI is InChI=1S/C21H25N5O2S2/c1-26-18(24-25-21(26)30-14-19(27)23-20-22-11-12-29-20)13-28-17-9-7-16(8-10-17)15-5-3-2-4-6-15/h7-12,15H,2-6,13-14H2,1H3,(H,22,23,27). The van der Waals surface area contributed by atoms with Crippen LogP contribution >= 0.6 is 23.1 Å². The Labute approximate surface area is 184 Å². The third-order valence-electron chi connectivity index (χ3n) is 5.26. The molecular formula is C21H25N5O2S2. The van der Waals surface area contributed by atoms with Crippen LogP contribution in [0.2, 0.25) is 0 Å². The number of hydrogen-bond acceptors (Lipinski definition) is 7. The Balaban J connectivity index is 1.27. The Kier molecular flexibility index (Phi) is 7.01. The van der Waals surface area contributed by atoms with Crippen molar-refractivity contribution in [1.82, 2.24) is 19.7 Å². The molecule has 30 heavy (non-hydrogen) atoms. The first-order valence-corrected chi connectivity index (χ1v) is 12.0. The van der Waals surface area contributed by atoms with E-state index in [1.54, 1.807) is 6.20 Å². The lowest BCUT2D eigenvalue weighted by Gasteiger charge is -2.22. The van der Waals surface area contributed by atoms with Gasteiger partial charge in [0.15, 0.2) is 16.1 Å². The van der Waals surface area contributed by atoms with E-state index in [1.165, 1.54) is 60.8 Å². The number of aromatic nitrogens is 4. The van der Waals surface area contributed by atoms with E-state index in [9.17, 15) is 4.79 Å². The highest BCUT2D eigenvalue weighted by Crippen LogP contribution is 2.33. The summed E-state index contributed by atoms with van der Waals surface area (Å²) in [6.07, 6.45) is 8.28. The molecule has 0 unspecified atom stereocenters. The number of thiazole rings is 1. The summed E-state index contributed by atoms with van der Waals surface area (Å²) in [5.74, 6) is 2.37. The van der Waals surface area contributed by atoms with Gasteiger partial charge in [0, 0.05) is 18.6 Å².